The average molecular weight is 652 g/mol. The zero-order valence-corrected chi connectivity index (χ0v) is 26.1. The number of amides is 3. The number of carbonyl (C=O) groups is 2. The maximum absolute atomic E-state index is 13.6. The van der Waals surface area contributed by atoms with Gasteiger partial charge in [-0.2, -0.15) is 0 Å². The number of morpholine rings is 1. The number of nitrogens with one attached hydrogen (secondary N) is 3. The van der Waals surface area contributed by atoms with E-state index in [-0.39, 0.29) is 11.9 Å². The van der Waals surface area contributed by atoms with Crippen LogP contribution in [0.5, 0.6) is 5.75 Å². The van der Waals surface area contributed by atoms with Crippen LogP contribution in [0.4, 0.5) is 27.5 Å². The van der Waals surface area contributed by atoms with Gasteiger partial charge in [-0.05, 0) is 71.4 Å². The van der Waals surface area contributed by atoms with Crippen molar-refractivity contribution in [3.05, 3.63) is 76.8 Å². The Bertz CT molecular complexity index is 1390. The number of methoxy groups -OCH3 is 1. The predicted molar refractivity (Wildman–Crippen MR) is 175 cm³/mol. The molecule has 5 rings (SSSR count). The van der Waals surface area contributed by atoms with E-state index in [1.807, 2.05) is 54.6 Å². The van der Waals surface area contributed by atoms with Crippen molar-refractivity contribution < 1.29 is 19.1 Å². The number of rotatable bonds is 10. The molecule has 3 N–H and O–H groups in total. The first-order valence-corrected chi connectivity index (χ1v) is 15.5. The van der Waals surface area contributed by atoms with Gasteiger partial charge in [0.25, 0.3) is 5.91 Å². The minimum Gasteiger partial charge on any atom is -0.495 e. The lowest BCUT2D eigenvalue weighted by Crippen LogP contribution is -2.47. The van der Waals surface area contributed by atoms with Gasteiger partial charge in [-0.15, -0.1) is 0 Å². The predicted octanol–water partition coefficient (Wildman–Crippen LogP) is 4.88. The molecule has 228 valence electrons. The Kier molecular flexibility index (Phi) is 10.8. The Morgan fingerprint density at radius 1 is 0.860 bits per heavy atom. The molecule has 10 nitrogen and oxygen atoms in total. The molecule has 11 heteroatoms. The molecule has 2 aliphatic rings. The van der Waals surface area contributed by atoms with E-state index in [0.29, 0.717) is 23.5 Å². The van der Waals surface area contributed by atoms with Crippen molar-refractivity contribution in [2.75, 3.05) is 93.1 Å². The van der Waals surface area contributed by atoms with Gasteiger partial charge in [-0.3, -0.25) is 9.69 Å². The summed E-state index contributed by atoms with van der Waals surface area (Å²) in [7, 11) is 1.69. The number of halogens is 1. The number of ether oxygens (including phenoxy) is 2. The summed E-state index contributed by atoms with van der Waals surface area (Å²) in [6, 6.07) is 20.6. The van der Waals surface area contributed by atoms with E-state index >= 15 is 0 Å². The Labute approximate surface area is 261 Å². The van der Waals surface area contributed by atoms with Crippen LogP contribution in [0.15, 0.2) is 71.2 Å². The molecule has 2 aliphatic heterocycles. The second-order valence-corrected chi connectivity index (χ2v) is 11.4. The van der Waals surface area contributed by atoms with Gasteiger partial charge in [0.2, 0.25) is 0 Å². The zero-order chi connectivity index (χ0) is 30.0. The Morgan fingerprint density at radius 2 is 1.56 bits per heavy atom. The maximum Gasteiger partial charge on any atom is 0.323 e. The molecule has 2 saturated heterocycles. The maximum atomic E-state index is 13.6. The highest BCUT2D eigenvalue weighted by atomic mass is 79.9. The minimum atomic E-state index is -0.387. The van der Waals surface area contributed by atoms with Crippen LogP contribution in [0, 0.1) is 0 Å². The molecule has 0 saturated carbocycles. The number of para-hydroxylation sites is 3. The van der Waals surface area contributed by atoms with Gasteiger partial charge >= 0.3 is 6.03 Å². The summed E-state index contributed by atoms with van der Waals surface area (Å²) in [6.45, 7) is 7.90. The van der Waals surface area contributed by atoms with Gasteiger partial charge in [-0.25, -0.2) is 4.79 Å². The van der Waals surface area contributed by atoms with Crippen LogP contribution in [0.2, 0.25) is 0 Å². The molecule has 3 amide bonds. The molecule has 43 heavy (non-hydrogen) atoms. The highest BCUT2D eigenvalue weighted by Crippen LogP contribution is 2.31. The third-order valence-corrected chi connectivity index (χ3v) is 8.40. The van der Waals surface area contributed by atoms with Crippen LogP contribution in [-0.4, -0.2) is 89.5 Å². The van der Waals surface area contributed by atoms with Crippen LogP contribution < -0.4 is 30.5 Å². The first-order chi connectivity index (χ1) is 21.0. The second kappa shape index (κ2) is 15.1. The van der Waals surface area contributed by atoms with Crippen molar-refractivity contribution in [1.29, 1.82) is 0 Å². The molecule has 3 aromatic carbocycles. The van der Waals surface area contributed by atoms with Gasteiger partial charge < -0.3 is 35.2 Å². The molecule has 0 radical (unpaired) electrons. The number of anilines is 4. The highest BCUT2D eigenvalue weighted by Gasteiger charge is 2.24. The SMILES string of the molecule is COc1ccccc1N1CCN(c2ccc(NC(=O)Nc3ccccc3Br)cc2C(=O)NCCCN2CCOCC2)CC1. The smallest absolute Gasteiger partial charge is 0.323 e. The summed E-state index contributed by atoms with van der Waals surface area (Å²) in [5.41, 5.74) is 3.65. The Morgan fingerprint density at radius 3 is 2.30 bits per heavy atom. The Hall–Kier alpha value is -3.80. The van der Waals surface area contributed by atoms with Crippen LogP contribution in [0.3, 0.4) is 0 Å². The molecule has 0 spiro atoms. The van der Waals surface area contributed by atoms with Gasteiger partial charge in [0, 0.05) is 61.7 Å². The van der Waals surface area contributed by atoms with Crippen LogP contribution in [0.25, 0.3) is 0 Å². The summed E-state index contributed by atoms with van der Waals surface area (Å²) >= 11 is 3.46. The van der Waals surface area contributed by atoms with Crippen molar-refractivity contribution in [1.82, 2.24) is 10.2 Å². The average Bonchev–Trinajstić information content (AvgIpc) is 3.04. The van der Waals surface area contributed by atoms with Crippen LogP contribution >= 0.6 is 15.9 Å². The quantitative estimate of drug-likeness (QED) is 0.269. The summed E-state index contributed by atoms with van der Waals surface area (Å²) in [5.74, 6) is 0.698. The molecule has 2 fully saturated rings. The molecule has 0 aromatic heterocycles. The van der Waals surface area contributed by atoms with E-state index < -0.39 is 0 Å². The van der Waals surface area contributed by atoms with Crippen molar-refractivity contribution in [3.8, 4) is 5.75 Å². The molecule has 0 unspecified atom stereocenters. The number of nitrogens with zero attached hydrogens (tertiary/aromatic N) is 3. The third kappa shape index (κ3) is 8.19. The van der Waals surface area contributed by atoms with Crippen molar-refractivity contribution >= 4 is 50.6 Å². The molecular weight excluding hydrogens is 612 g/mol. The fraction of sp³-hybridized carbons (Fsp3) is 0.375. The highest BCUT2D eigenvalue weighted by molar-refractivity contribution is 9.10. The standard InChI is InChI=1S/C32H39BrN6O4/c1-42-30-10-5-4-9-29(30)39-17-15-38(16-18-39)28-12-11-24(35-32(41)36-27-8-3-2-7-26(27)33)23-25(28)31(40)34-13-6-14-37-19-21-43-22-20-37/h2-5,7-12,23H,6,13-22H2,1H3,(H,34,40)(H2,35,36,41). The molecular formula is C32H39BrN6O4. The lowest BCUT2D eigenvalue weighted by atomic mass is 10.1. The van der Waals surface area contributed by atoms with Crippen molar-refractivity contribution in [2.24, 2.45) is 0 Å². The summed E-state index contributed by atoms with van der Waals surface area (Å²) in [4.78, 5) is 33.3. The number of benzene rings is 3. The lowest BCUT2D eigenvalue weighted by Gasteiger charge is -2.38. The summed E-state index contributed by atoms with van der Waals surface area (Å²) in [5, 5.41) is 8.85. The molecule has 0 bridgehead atoms. The molecule has 0 aliphatic carbocycles. The number of piperazine rings is 1. The summed E-state index contributed by atoms with van der Waals surface area (Å²) in [6.07, 6.45) is 0.852. The number of hydrogen-bond acceptors (Lipinski definition) is 7. The van der Waals surface area contributed by atoms with E-state index in [2.05, 4.69) is 52.6 Å². The van der Waals surface area contributed by atoms with E-state index in [1.165, 1.54) is 0 Å². The van der Waals surface area contributed by atoms with Crippen LogP contribution in [-0.2, 0) is 4.74 Å². The van der Waals surface area contributed by atoms with E-state index in [9.17, 15) is 9.59 Å². The normalized spacial score (nSPS) is 15.6. The van der Waals surface area contributed by atoms with Crippen molar-refractivity contribution in [3.63, 3.8) is 0 Å². The fourth-order valence-corrected chi connectivity index (χ4v) is 5.81. The van der Waals surface area contributed by atoms with E-state index in [4.69, 9.17) is 9.47 Å². The topological polar surface area (TPSA) is 98.4 Å². The first-order valence-electron chi connectivity index (χ1n) is 14.7. The fourth-order valence-electron chi connectivity index (χ4n) is 5.42. The monoisotopic (exact) mass is 650 g/mol. The number of urea groups is 1. The molecule has 2 heterocycles. The second-order valence-electron chi connectivity index (χ2n) is 10.5. The van der Waals surface area contributed by atoms with E-state index in [1.54, 1.807) is 13.2 Å². The zero-order valence-electron chi connectivity index (χ0n) is 24.5. The first kappa shape index (κ1) is 30.7. The minimum absolute atomic E-state index is 0.154. The van der Waals surface area contributed by atoms with E-state index in [0.717, 1.165) is 87.0 Å². The van der Waals surface area contributed by atoms with Gasteiger partial charge in [0.1, 0.15) is 5.75 Å². The van der Waals surface area contributed by atoms with Gasteiger partial charge in [-0.1, -0.05) is 24.3 Å². The lowest BCUT2D eigenvalue weighted by molar-refractivity contribution is 0.0374. The third-order valence-electron chi connectivity index (χ3n) is 7.71. The number of hydrogen-bond donors (Lipinski definition) is 3. The number of carbonyl (C=O) groups excluding carboxylic acids is 2. The van der Waals surface area contributed by atoms with Gasteiger partial charge in [0.15, 0.2) is 0 Å². The largest absolute Gasteiger partial charge is 0.495 e. The summed E-state index contributed by atoms with van der Waals surface area (Å²) < 4.78 is 11.8. The molecule has 3 aromatic rings. The van der Waals surface area contributed by atoms with Crippen LogP contribution in [0.1, 0.15) is 16.8 Å². The van der Waals surface area contributed by atoms with Crippen molar-refractivity contribution in [2.45, 2.75) is 6.42 Å². The van der Waals surface area contributed by atoms with Gasteiger partial charge in [0.05, 0.1) is 37.3 Å². The molecule has 0 atom stereocenters. The Balaban J connectivity index is 1.27.